The molecule has 0 radical (unpaired) electrons. The van der Waals surface area contributed by atoms with Gasteiger partial charge in [0, 0.05) is 28.5 Å². The largest absolute Gasteiger partial charge is 0.496 e. The third-order valence-electron chi connectivity index (χ3n) is 4.39. The number of benzene rings is 1. The molecule has 25 heavy (non-hydrogen) atoms. The van der Waals surface area contributed by atoms with E-state index in [1.54, 1.807) is 6.07 Å². The molecule has 2 N–H and O–H groups in total. The monoisotopic (exact) mass is 407 g/mol. The predicted molar refractivity (Wildman–Crippen MR) is 93.6 cm³/mol. The Kier molecular flexibility index (Phi) is 4.85. The Hall–Kier alpha value is -2.28. The van der Waals surface area contributed by atoms with Crippen LogP contribution < -0.4 is 10.5 Å². The van der Waals surface area contributed by atoms with Gasteiger partial charge in [0.25, 0.3) is 0 Å². The Balaban J connectivity index is 2.27. The fourth-order valence-corrected chi connectivity index (χ4v) is 3.69. The molecule has 1 aromatic carbocycles. The Morgan fingerprint density at radius 3 is 2.76 bits per heavy atom. The van der Waals surface area contributed by atoms with Gasteiger partial charge < -0.3 is 19.9 Å². The van der Waals surface area contributed by atoms with Crippen LogP contribution in [0.25, 0.3) is 0 Å². The number of ether oxygens (including phenoxy) is 3. The molecule has 6 nitrogen and oxygen atoms in total. The second-order valence-electron chi connectivity index (χ2n) is 5.80. The fraction of sp³-hybridized carbons (Fsp3) is 0.333. The topological polar surface area (TPSA) is 87.9 Å². The maximum atomic E-state index is 12.7. The second kappa shape index (κ2) is 6.92. The third kappa shape index (κ3) is 3.04. The van der Waals surface area contributed by atoms with Gasteiger partial charge in [-0.05, 0) is 24.6 Å². The number of allylic oxidation sites excluding steroid dienone is 2. The molecule has 0 saturated heterocycles. The van der Waals surface area contributed by atoms with Crippen molar-refractivity contribution in [2.75, 3.05) is 14.2 Å². The number of rotatable bonds is 3. The molecule has 7 heteroatoms. The Morgan fingerprint density at radius 1 is 1.32 bits per heavy atom. The summed E-state index contributed by atoms with van der Waals surface area (Å²) >= 11 is 3.43. The Labute approximate surface area is 153 Å². The molecule has 132 valence electrons. The number of hydrogen-bond acceptors (Lipinski definition) is 6. The van der Waals surface area contributed by atoms with Gasteiger partial charge in [-0.25, -0.2) is 4.79 Å². The van der Waals surface area contributed by atoms with Crippen molar-refractivity contribution in [1.29, 1.82) is 0 Å². The normalized spacial score (nSPS) is 20.1. The highest BCUT2D eigenvalue weighted by molar-refractivity contribution is 9.10. The molecule has 2 aliphatic rings. The van der Waals surface area contributed by atoms with Crippen LogP contribution in [-0.4, -0.2) is 26.0 Å². The van der Waals surface area contributed by atoms with Crippen molar-refractivity contribution in [3.05, 3.63) is 51.0 Å². The average molecular weight is 408 g/mol. The first-order chi connectivity index (χ1) is 12.0. The van der Waals surface area contributed by atoms with E-state index in [0.717, 1.165) is 4.47 Å². The van der Waals surface area contributed by atoms with Gasteiger partial charge in [0.2, 0.25) is 5.88 Å². The SMILES string of the molecule is COC(=O)C1=C(N)OC2=C(C(=O)CCC2)[C@@H]1c1cc(Br)ccc1OC. The van der Waals surface area contributed by atoms with Gasteiger partial charge in [-0.15, -0.1) is 0 Å². The number of methoxy groups -OCH3 is 2. The summed E-state index contributed by atoms with van der Waals surface area (Å²) in [5.41, 5.74) is 7.26. The molecule has 0 amide bonds. The summed E-state index contributed by atoms with van der Waals surface area (Å²) < 4.78 is 16.8. The molecule has 0 unspecified atom stereocenters. The second-order valence-corrected chi connectivity index (χ2v) is 6.72. The molecular formula is C18H18BrNO5. The number of hydrogen-bond donors (Lipinski definition) is 1. The molecule has 0 aromatic heterocycles. The van der Waals surface area contributed by atoms with E-state index >= 15 is 0 Å². The smallest absolute Gasteiger partial charge is 0.340 e. The molecule has 1 aliphatic heterocycles. The zero-order valence-electron chi connectivity index (χ0n) is 13.9. The first-order valence-corrected chi connectivity index (χ1v) is 8.62. The Bertz CT molecular complexity index is 812. The van der Waals surface area contributed by atoms with Crippen molar-refractivity contribution in [1.82, 2.24) is 0 Å². The summed E-state index contributed by atoms with van der Waals surface area (Å²) in [5.74, 6) is -0.330. The molecular weight excluding hydrogens is 390 g/mol. The molecule has 0 saturated carbocycles. The number of ketones is 1. The van der Waals surface area contributed by atoms with Gasteiger partial charge in [-0.1, -0.05) is 15.9 Å². The van der Waals surface area contributed by atoms with Crippen LogP contribution in [0.1, 0.15) is 30.7 Å². The van der Waals surface area contributed by atoms with E-state index in [4.69, 9.17) is 19.9 Å². The maximum Gasteiger partial charge on any atom is 0.340 e. The molecule has 0 bridgehead atoms. The minimum absolute atomic E-state index is 0.0349. The summed E-state index contributed by atoms with van der Waals surface area (Å²) in [7, 11) is 2.80. The number of Topliss-reactive ketones (excluding diaryl/α,β-unsaturated/α-hetero) is 1. The van der Waals surface area contributed by atoms with Crippen molar-refractivity contribution in [2.45, 2.75) is 25.2 Å². The van der Waals surface area contributed by atoms with E-state index < -0.39 is 11.9 Å². The van der Waals surface area contributed by atoms with Crippen LogP contribution in [0.4, 0.5) is 0 Å². The van der Waals surface area contributed by atoms with Gasteiger partial charge in [-0.3, -0.25) is 4.79 Å². The highest BCUT2D eigenvalue weighted by atomic mass is 79.9. The van der Waals surface area contributed by atoms with E-state index in [-0.39, 0.29) is 17.2 Å². The number of nitrogens with two attached hydrogens (primary N) is 1. The lowest BCUT2D eigenvalue weighted by molar-refractivity contribution is -0.136. The van der Waals surface area contributed by atoms with Crippen LogP contribution in [0.2, 0.25) is 0 Å². The minimum atomic E-state index is -0.684. The predicted octanol–water partition coefficient (Wildman–Crippen LogP) is 2.92. The van der Waals surface area contributed by atoms with Gasteiger partial charge in [0.15, 0.2) is 5.78 Å². The zero-order chi connectivity index (χ0) is 18.1. The van der Waals surface area contributed by atoms with Crippen LogP contribution in [-0.2, 0) is 19.1 Å². The fourth-order valence-electron chi connectivity index (χ4n) is 3.31. The lowest BCUT2D eigenvalue weighted by atomic mass is 9.77. The average Bonchev–Trinajstić information content (AvgIpc) is 2.60. The van der Waals surface area contributed by atoms with E-state index in [0.29, 0.717) is 41.9 Å². The molecule has 0 spiro atoms. The highest BCUT2D eigenvalue weighted by Crippen LogP contribution is 2.46. The summed E-state index contributed by atoms with van der Waals surface area (Å²) in [6.45, 7) is 0. The van der Waals surface area contributed by atoms with Gasteiger partial charge in [0.05, 0.1) is 20.1 Å². The van der Waals surface area contributed by atoms with Crippen LogP contribution in [0.15, 0.2) is 45.5 Å². The molecule has 1 heterocycles. The van der Waals surface area contributed by atoms with Gasteiger partial charge >= 0.3 is 5.97 Å². The van der Waals surface area contributed by atoms with E-state index in [1.165, 1.54) is 14.2 Å². The number of esters is 1. The molecule has 3 rings (SSSR count). The number of carbonyl (C=O) groups is 2. The summed E-state index contributed by atoms with van der Waals surface area (Å²) in [4.78, 5) is 25.1. The van der Waals surface area contributed by atoms with Crippen LogP contribution >= 0.6 is 15.9 Å². The molecule has 0 fully saturated rings. The number of halogens is 1. The zero-order valence-corrected chi connectivity index (χ0v) is 15.5. The Morgan fingerprint density at radius 2 is 2.08 bits per heavy atom. The van der Waals surface area contributed by atoms with Crippen molar-refractivity contribution in [2.24, 2.45) is 5.73 Å². The molecule has 1 aromatic rings. The lowest BCUT2D eigenvalue weighted by Gasteiger charge is -2.32. The first-order valence-electron chi connectivity index (χ1n) is 7.83. The van der Waals surface area contributed by atoms with Crippen molar-refractivity contribution in [3.8, 4) is 5.75 Å². The van der Waals surface area contributed by atoms with Crippen molar-refractivity contribution in [3.63, 3.8) is 0 Å². The number of carbonyl (C=O) groups excluding carboxylic acids is 2. The summed E-state index contributed by atoms with van der Waals surface area (Å²) in [6, 6.07) is 5.41. The van der Waals surface area contributed by atoms with E-state index in [9.17, 15) is 9.59 Å². The van der Waals surface area contributed by atoms with Gasteiger partial charge in [-0.2, -0.15) is 0 Å². The van der Waals surface area contributed by atoms with Crippen molar-refractivity contribution >= 4 is 27.7 Å². The quantitative estimate of drug-likeness (QED) is 0.774. The van der Waals surface area contributed by atoms with E-state index in [1.807, 2.05) is 12.1 Å². The van der Waals surface area contributed by atoms with Gasteiger partial charge in [0.1, 0.15) is 17.1 Å². The third-order valence-corrected chi connectivity index (χ3v) is 4.89. The highest BCUT2D eigenvalue weighted by Gasteiger charge is 2.42. The summed E-state index contributed by atoms with van der Waals surface area (Å²) in [5, 5.41) is 0. The lowest BCUT2D eigenvalue weighted by Crippen LogP contribution is -2.31. The van der Waals surface area contributed by atoms with E-state index in [2.05, 4.69) is 15.9 Å². The molecule has 1 atom stereocenters. The van der Waals surface area contributed by atoms with Crippen LogP contribution in [0.5, 0.6) is 5.75 Å². The maximum absolute atomic E-state index is 12.7. The van der Waals surface area contributed by atoms with Crippen LogP contribution in [0, 0.1) is 0 Å². The molecule has 1 aliphatic carbocycles. The van der Waals surface area contributed by atoms with Crippen LogP contribution in [0.3, 0.4) is 0 Å². The first kappa shape index (κ1) is 17.5. The van der Waals surface area contributed by atoms with Crippen molar-refractivity contribution < 1.29 is 23.8 Å². The standard InChI is InChI=1S/C18H18BrNO5/c1-23-12-7-6-9(19)8-10(12)14-15-11(21)4-3-5-13(15)25-17(20)16(14)18(22)24-2/h6-8,14H,3-5,20H2,1-2H3/t14-/m0/s1. The summed E-state index contributed by atoms with van der Waals surface area (Å²) in [6.07, 6.45) is 1.70. The minimum Gasteiger partial charge on any atom is -0.496 e.